The summed E-state index contributed by atoms with van der Waals surface area (Å²) >= 11 is 3.25. The molecule has 0 saturated heterocycles. The van der Waals surface area contributed by atoms with E-state index in [0.717, 1.165) is 6.42 Å². The second-order valence-corrected chi connectivity index (χ2v) is 10.1. The molecule has 0 spiro atoms. The van der Waals surface area contributed by atoms with E-state index < -0.39 is 32.2 Å². The maximum Gasteiger partial charge on any atom is 0.277 e. The monoisotopic (exact) mass is 515 g/mol. The zero-order valence-corrected chi connectivity index (χ0v) is 20.0. The van der Waals surface area contributed by atoms with Gasteiger partial charge in [0.05, 0.1) is 22.6 Å². The maximum absolute atomic E-state index is 13.5. The lowest BCUT2D eigenvalue weighted by molar-refractivity contribution is 0.412. The highest BCUT2D eigenvalue weighted by molar-refractivity contribution is 9.10. The number of halogens is 1. The number of aromatic nitrogens is 2. The number of nitrogens with zero attached hydrogens (tertiary/aromatic N) is 3. The Morgan fingerprint density at radius 2 is 1.91 bits per heavy atom. The Morgan fingerprint density at radius 3 is 2.53 bits per heavy atom. The van der Waals surface area contributed by atoms with Crippen LogP contribution in [0, 0.1) is 11.3 Å². The van der Waals surface area contributed by atoms with Crippen LogP contribution >= 0.6 is 15.9 Å². The van der Waals surface area contributed by atoms with Crippen LogP contribution in [0.3, 0.4) is 0 Å². The van der Waals surface area contributed by atoms with Crippen LogP contribution in [-0.4, -0.2) is 23.1 Å². The summed E-state index contributed by atoms with van der Waals surface area (Å²) in [6.45, 7) is 3.72. The molecule has 0 aliphatic rings. The van der Waals surface area contributed by atoms with E-state index in [2.05, 4.69) is 27.0 Å². The van der Waals surface area contributed by atoms with Crippen LogP contribution in [0.1, 0.15) is 49.7 Å². The van der Waals surface area contributed by atoms with Crippen molar-refractivity contribution in [3.8, 4) is 11.9 Å². The summed E-state index contributed by atoms with van der Waals surface area (Å²) in [4.78, 5) is 16.8. The van der Waals surface area contributed by atoms with Gasteiger partial charge in [0.15, 0.2) is 4.90 Å². The molecule has 0 saturated carbocycles. The summed E-state index contributed by atoms with van der Waals surface area (Å²) in [6, 6.07) is 14.0. The molecule has 0 radical (unpaired) electrons. The highest BCUT2D eigenvalue weighted by Gasteiger charge is 2.31. The Labute approximate surface area is 195 Å². The molecule has 32 heavy (non-hydrogen) atoms. The largest absolute Gasteiger partial charge is 0.492 e. The zero-order chi connectivity index (χ0) is 23.5. The number of sulfone groups is 1. The first-order chi connectivity index (χ1) is 15.2. The second kappa shape index (κ2) is 9.67. The van der Waals surface area contributed by atoms with Crippen molar-refractivity contribution in [2.75, 3.05) is 0 Å². The van der Waals surface area contributed by atoms with Gasteiger partial charge in [0.25, 0.3) is 5.56 Å². The van der Waals surface area contributed by atoms with E-state index in [9.17, 15) is 23.6 Å². The van der Waals surface area contributed by atoms with Gasteiger partial charge < -0.3 is 5.11 Å². The number of benzene rings is 2. The molecule has 0 bridgehead atoms. The van der Waals surface area contributed by atoms with Crippen molar-refractivity contribution in [1.82, 2.24) is 9.55 Å². The van der Waals surface area contributed by atoms with Crippen molar-refractivity contribution in [2.45, 2.75) is 48.9 Å². The van der Waals surface area contributed by atoms with Crippen molar-refractivity contribution in [1.29, 1.82) is 5.26 Å². The number of hydrogen-bond donors (Lipinski definition) is 1. The standard InChI is InChI=1S/C23H22BrN3O4S/c1-3-4-8-20-26-22(28)21(32(30,31)19-11-9-18(24)10-12-19)23(29)27(20)15(2)17-7-5-6-16(13-17)14-25/h5-7,9-13,15,28H,3-4,8H2,1-2H3/t15-/m1/s1. The Morgan fingerprint density at radius 1 is 1.22 bits per heavy atom. The lowest BCUT2D eigenvalue weighted by Crippen LogP contribution is -2.32. The second-order valence-electron chi connectivity index (χ2n) is 7.33. The molecule has 1 atom stereocenters. The quantitative estimate of drug-likeness (QED) is 0.499. The average molecular weight is 516 g/mol. The van der Waals surface area contributed by atoms with Crippen molar-refractivity contribution >= 4 is 25.8 Å². The Bertz CT molecular complexity index is 1340. The third-order valence-corrected chi connectivity index (χ3v) is 7.48. The SMILES string of the molecule is CCCCc1nc(O)c(S(=O)(=O)c2ccc(Br)cc2)c(=O)n1[C@H](C)c1cccc(C#N)c1. The molecule has 0 aliphatic carbocycles. The van der Waals surface area contributed by atoms with E-state index in [1.165, 1.54) is 16.7 Å². The van der Waals surface area contributed by atoms with Gasteiger partial charge in [-0.1, -0.05) is 41.4 Å². The van der Waals surface area contributed by atoms with Gasteiger partial charge >= 0.3 is 0 Å². The minimum Gasteiger partial charge on any atom is -0.492 e. The van der Waals surface area contributed by atoms with Crippen LogP contribution in [0.5, 0.6) is 5.88 Å². The van der Waals surface area contributed by atoms with Gasteiger partial charge in [0.1, 0.15) is 5.82 Å². The van der Waals surface area contributed by atoms with Gasteiger partial charge in [0.2, 0.25) is 15.7 Å². The lowest BCUT2D eigenvalue weighted by Gasteiger charge is -2.21. The number of hydrogen-bond acceptors (Lipinski definition) is 6. The molecule has 0 unspecified atom stereocenters. The predicted octanol–water partition coefficient (Wildman–Crippen LogP) is 4.37. The number of aryl methyl sites for hydroxylation is 1. The van der Waals surface area contributed by atoms with Crippen LogP contribution < -0.4 is 5.56 Å². The van der Waals surface area contributed by atoms with Crippen molar-refractivity contribution < 1.29 is 13.5 Å². The van der Waals surface area contributed by atoms with Gasteiger partial charge in [-0.15, -0.1) is 0 Å². The first-order valence-corrected chi connectivity index (χ1v) is 12.3. The van der Waals surface area contributed by atoms with Crippen LogP contribution in [-0.2, 0) is 16.3 Å². The predicted molar refractivity (Wildman–Crippen MR) is 123 cm³/mol. The van der Waals surface area contributed by atoms with Gasteiger partial charge in [-0.05, 0) is 55.3 Å². The number of unbranched alkanes of at least 4 members (excludes halogenated alkanes) is 1. The van der Waals surface area contributed by atoms with Gasteiger partial charge in [-0.3, -0.25) is 9.36 Å². The van der Waals surface area contributed by atoms with E-state index in [1.807, 2.05) is 6.92 Å². The molecule has 3 rings (SSSR count). The molecule has 7 nitrogen and oxygen atoms in total. The summed E-state index contributed by atoms with van der Waals surface area (Å²) in [7, 11) is -4.32. The van der Waals surface area contributed by atoms with Crippen molar-refractivity contribution in [3.63, 3.8) is 0 Å². The average Bonchev–Trinajstić information content (AvgIpc) is 2.77. The third-order valence-electron chi connectivity index (χ3n) is 5.16. The fraction of sp³-hybridized carbons (Fsp3) is 0.261. The van der Waals surface area contributed by atoms with Crippen molar-refractivity contribution in [2.24, 2.45) is 0 Å². The molecule has 1 heterocycles. The Hall–Kier alpha value is -2.96. The minimum absolute atomic E-state index is 0.123. The molecule has 1 aromatic heterocycles. The number of rotatable bonds is 7. The zero-order valence-electron chi connectivity index (χ0n) is 17.6. The summed E-state index contributed by atoms with van der Waals surface area (Å²) in [5.74, 6) is -0.516. The molecule has 3 aromatic rings. The normalized spacial score (nSPS) is 12.3. The molecular formula is C23H22BrN3O4S. The molecular weight excluding hydrogens is 494 g/mol. The van der Waals surface area contributed by atoms with E-state index in [0.29, 0.717) is 34.3 Å². The molecule has 9 heteroatoms. The molecule has 1 N–H and O–H groups in total. The smallest absolute Gasteiger partial charge is 0.277 e. The highest BCUT2D eigenvalue weighted by Crippen LogP contribution is 2.28. The van der Waals surface area contributed by atoms with Crippen LogP contribution in [0.25, 0.3) is 0 Å². The molecule has 0 aliphatic heterocycles. The van der Waals surface area contributed by atoms with Crippen LogP contribution in [0.4, 0.5) is 0 Å². The first kappa shape index (κ1) is 23.7. The summed E-state index contributed by atoms with van der Waals surface area (Å²) in [5, 5.41) is 19.8. The third kappa shape index (κ3) is 4.61. The first-order valence-electron chi connectivity index (χ1n) is 10.1. The van der Waals surface area contributed by atoms with Gasteiger partial charge in [0, 0.05) is 10.9 Å². The lowest BCUT2D eigenvalue weighted by atomic mass is 10.0. The molecule has 0 fully saturated rings. The van der Waals surface area contributed by atoms with E-state index in [1.54, 1.807) is 43.3 Å². The van der Waals surface area contributed by atoms with E-state index in [-0.39, 0.29) is 4.90 Å². The fourth-order valence-electron chi connectivity index (χ4n) is 3.44. The maximum atomic E-state index is 13.5. The van der Waals surface area contributed by atoms with Crippen LogP contribution in [0.2, 0.25) is 0 Å². The number of aromatic hydroxyl groups is 1. The topological polar surface area (TPSA) is 113 Å². The fourth-order valence-corrected chi connectivity index (χ4v) is 5.05. The minimum atomic E-state index is -4.32. The Kier molecular flexibility index (Phi) is 7.16. The molecule has 0 amide bonds. The molecule has 2 aromatic carbocycles. The summed E-state index contributed by atoms with van der Waals surface area (Å²) in [5.41, 5.74) is 0.233. The van der Waals surface area contributed by atoms with Crippen LogP contribution in [0.15, 0.2) is 67.6 Å². The van der Waals surface area contributed by atoms with E-state index in [4.69, 9.17) is 0 Å². The summed E-state index contributed by atoms with van der Waals surface area (Å²) in [6.07, 6.45) is 1.92. The van der Waals surface area contributed by atoms with Crippen molar-refractivity contribution in [3.05, 3.63) is 80.3 Å². The summed E-state index contributed by atoms with van der Waals surface area (Å²) < 4.78 is 28.5. The van der Waals surface area contributed by atoms with Gasteiger partial charge in [-0.25, -0.2) is 8.42 Å². The van der Waals surface area contributed by atoms with Gasteiger partial charge in [-0.2, -0.15) is 10.2 Å². The molecule has 166 valence electrons. The number of nitriles is 1. The Balaban J connectivity index is 2.26. The highest BCUT2D eigenvalue weighted by atomic mass is 79.9. The van der Waals surface area contributed by atoms with E-state index >= 15 is 0 Å².